The van der Waals surface area contributed by atoms with Gasteiger partial charge in [0.25, 0.3) is 0 Å². The molecular weight excluding hydrogens is 593 g/mol. The monoisotopic (exact) mass is 622 g/mol. The second kappa shape index (κ2) is 13.1. The molecule has 0 bridgehead atoms. The highest BCUT2D eigenvalue weighted by atomic mass is 79.9. The molecule has 0 aliphatic rings. The van der Waals surface area contributed by atoms with Gasteiger partial charge in [-0.3, -0.25) is 18.7 Å². The lowest BCUT2D eigenvalue weighted by atomic mass is 9.85. The Balaban J connectivity index is 1.90. The number of ketones is 1. The van der Waals surface area contributed by atoms with Crippen LogP contribution in [0.2, 0.25) is 0 Å². The van der Waals surface area contributed by atoms with Gasteiger partial charge in [0.1, 0.15) is 0 Å². The van der Waals surface area contributed by atoms with E-state index < -0.39 is 42.9 Å². The first-order valence-electron chi connectivity index (χ1n) is 12.4. The minimum absolute atomic E-state index is 0.0531. The van der Waals surface area contributed by atoms with Crippen LogP contribution in [0, 0.1) is 5.92 Å². The topological polar surface area (TPSA) is 89.9 Å². The van der Waals surface area contributed by atoms with Crippen LogP contribution in [0.15, 0.2) is 83.3 Å². The number of Topliss-reactive ketones (excluding diaryl/α,β-unsaturated/α-hetero) is 1. The van der Waals surface area contributed by atoms with Gasteiger partial charge in [-0.25, -0.2) is 0 Å². The van der Waals surface area contributed by atoms with Crippen molar-refractivity contribution in [3.8, 4) is 0 Å². The number of ether oxygens (including phenoxy) is 1. The Morgan fingerprint density at radius 2 is 1.59 bits per heavy atom. The second-order valence-corrected chi connectivity index (χ2v) is 12.0. The van der Waals surface area contributed by atoms with Crippen molar-refractivity contribution in [3.63, 3.8) is 0 Å². The smallest absolute Gasteiger partial charge is 0.405 e. The van der Waals surface area contributed by atoms with Crippen LogP contribution in [0.4, 0.5) is 8.78 Å². The van der Waals surface area contributed by atoms with E-state index in [1.54, 1.807) is 24.3 Å². The van der Waals surface area contributed by atoms with Gasteiger partial charge in [-0.05, 0) is 23.6 Å². The van der Waals surface area contributed by atoms with Crippen LogP contribution in [0.3, 0.4) is 0 Å². The van der Waals surface area contributed by atoms with Crippen molar-refractivity contribution < 1.29 is 37.1 Å². The molecule has 0 aliphatic heterocycles. The van der Waals surface area contributed by atoms with Gasteiger partial charge >= 0.3 is 19.2 Å². The van der Waals surface area contributed by atoms with Crippen molar-refractivity contribution >= 4 is 35.3 Å². The van der Waals surface area contributed by atoms with E-state index in [-0.39, 0.29) is 23.1 Å². The summed E-state index contributed by atoms with van der Waals surface area (Å²) in [5, 5.41) is 0. The standard InChI is InChI=1S/C29H30BrF2O6P/c1-4-26(33)37-28(19(2)3)38-39(35,36)29(31,32)24-16-15-20(18-25(24)30)17-23(21-11-7-5-8-12-21)27(34)22-13-9-6-10-14-22/h5-16,18-19,23,28H,4,17H2,1-3H3,(H,35,36). The maximum atomic E-state index is 15.4. The third kappa shape index (κ3) is 7.48. The predicted molar refractivity (Wildman–Crippen MR) is 148 cm³/mol. The molecule has 3 unspecified atom stereocenters. The maximum absolute atomic E-state index is 15.4. The molecule has 0 heterocycles. The van der Waals surface area contributed by atoms with Crippen molar-refractivity contribution in [1.82, 2.24) is 0 Å². The Bertz CT molecular complexity index is 1330. The predicted octanol–water partition coefficient (Wildman–Crippen LogP) is 7.84. The lowest BCUT2D eigenvalue weighted by molar-refractivity contribution is -0.172. The number of rotatable bonds is 12. The summed E-state index contributed by atoms with van der Waals surface area (Å²) in [7, 11) is -5.66. The van der Waals surface area contributed by atoms with E-state index in [1.807, 2.05) is 36.4 Å². The fourth-order valence-corrected chi connectivity index (χ4v) is 5.90. The Kier molecular flexibility index (Phi) is 10.4. The first kappa shape index (κ1) is 30.8. The first-order chi connectivity index (χ1) is 18.4. The van der Waals surface area contributed by atoms with Crippen LogP contribution < -0.4 is 0 Å². The van der Waals surface area contributed by atoms with E-state index in [4.69, 9.17) is 9.26 Å². The molecule has 0 fully saturated rings. The average molecular weight is 623 g/mol. The molecule has 3 aromatic rings. The van der Waals surface area contributed by atoms with Crippen molar-refractivity contribution in [1.29, 1.82) is 0 Å². The summed E-state index contributed by atoms with van der Waals surface area (Å²) in [6.45, 7) is 4.52. The van der Waals surface area contributed by atoms with Gasteiger partial charge in [-0.15, -0.1) is 0 Å². The van der Waals surface area contributed by atoms with E-state index in [2.05, 4.69) is 15.9 Å². The van der Waals surface area contributed by atoms with Crippen molar-refractivity contribution in [3.05, 3.63) is 106 Å². The van der Waals surface area contributed by atoms with E-state index in [1.165, 1.54) is 32.9 Å². The highest BCUT2D eigenvalue weighted by Crippen LogP contribution is 2.65. The summed E-state index contributed by atoms with van der Waals surface area (Å²) in [5.41, 5.74) is -3.24. The molecule has 3 rings (SSSR count). The quantitative estimate of drug-likeness (QED) is 0.0957. The number of halogens is 3. The minimum Gasteiger partial charge on any atom is -0.435 e. The fourth-order valence-electron chi connectivity index (χ4n) is 3.87. The number of esters is 1. The third-order valence-electron chi connectivity index (χ3n) is 6.06. The van der Waals surface area contributed by atoms with E-state index >= 15 is 8.78 Å². The number of hydrogen-bond donors (Lipinski definition) is 1. The molecule has 6 nitrogen and oxygen atoms in total. The zero-order chi connectivity index (χ0) is 28.8. The summed E-state index contributed by atoms with van der Waals surface area (Å²) in [4.78, 5) is 35.4. The lowest BCUT2D eigenvalue weighted by Gasteiger charge is -2.28. The van der Waals surface area contributed by atoms with Crippen molar-refractivity contribution in [2.45, 2.75) is 51.5 Å². The summed E-state index contributed by atoms with van der Waals surface area (Å²) in [6, 6.07) is 21.7. The largest absolute Gasteiger partial charge is 0.435 e. The van der Waals surface area contributed by atoms with Crippen molar-refractivity contribution in [2.75, 3.05) is 0 Å². The van der Waals surface area contributed by atoms with Gasteiger partial charge in [0, 0.05) is 27.9 Å². The summed E-state index contributed by atoms with van der Waals surface area (Å²) < 4.78 is 53.2. The molecule has 0 saturated heterocycles. The second-order valence-electron chi connectivity index (χ2n) is 9.33. The molecule has 0 aliphatic carbocycles. The number of carbonyl (C=O) groups excluding carboxylic acids is 2. The van der Waals surface area contributed by atoms with Crippen LogP contribution >= 0.6 is 23.5 Å². The maximum Gasteiger partial charge on any atom is 0.405 e. The minimum atomic E-state index is -5.66. The third-order valence-corrected chi connectivity index (χ3v) is 8.16. The van der Waals surface area contributed by atoms with Gasteiger partial charge in [0.15, 0.2) is 5.78 Å². The lowest BCUT2D eigenvalue weighted by Crippen LogP contribution is -2.28. The highest BCUT2D eigenvalue weighted by Gasteiger charge is 2.55. The first-order valence-corrected chi connectivity index (χ1v) is 14.8. The molecule has 1 N–H and O–H groups in total. The molecule has 10 heteroatoms. The number of benzene rings is 3. The van der Waals surface area contributed by atoms with Gasteiger partial charge in [0.2, 0.25) is 6.29 Å². The van der Waals surface area contributed by atoms with Gasteiger partial charge < -0.3 is 9.63 Å². The Morgan fingerprint density at radius 1 is 1.00 bits per heavy atom. The molecule has 0 aromatic heterocycles. The van der Waals surface area contributed by atoms with E-state index in [9.17, 15) is 19.0 Å². The summed E-state index contributed by atoms with van der Waals surface area (Å²) >= 11 is 3.11. The Labute approximate surface area is 235 Å². The average Bonchev–Trinajstić information content (AvgIpc) is 2.91. The van der Waals surface area contributed by atoms with Crippen LogP contribution in [-0.2, 0) is 30.7 Å². The molecular formula is C29H30BrF2O6P. The zero-order valence-electron chi connectivity index (χ0n) is 21.7. The Morgan fingerprint density at radius 3 is 2.13 bits per heavy atom. The molecule has 3 atom stereocenters. The number of alkyl halides is 2. The van der Waals surface area contributed by atoms with Crippen molar-refractivity contribution in [2.24, 2.45) is 5.92 Å². The molecule has 0 spiro atoms. The molecule has 0 amide bonds. The number of carbonyl (C=O) groups is 2. The van der Waals surface area contributed by atoms with Crippen LogP contribution in [-0.4, -0.2) is 22.9 Å². The fraction of sp³-hybridized carbons (Fsp3) is 0.310. The summed E-state index contributed by atoms with van der Waals surface area (Å²) in [6.07, 6.45) is -1.48. The number of hydrogen-bond acceptors (Lipinski definition) is 5. The van der Waals surface area contributed by atoms with E-state index in [0.29, 0.717) is 11.1 Å². The molecule has 208 valence electrons. The van der Waals surface area contributed by atoms with Gasteiger partial charge in [-0.2, -0.15) is 8.78 Å². The van der Waals surface area contributed by atoms with E-state index in [0.717, 1.165) is 11.6 Å². The van der Waals surface area contributed by atoms with Gasteiger partial charge in [0.05, 0.1) is 5.92 Å². The van der Waals surface area contributed by atoms with Crippen LogP contribution in [0.5, 0.6) is 0 Å². The summed E-state index contributed by atoms with van der Waals surface area (Å²) in [5.74, 6) is -2.11. The SMILES string of the molecule is CCC(=O)OC(OP(=O)(O)C(F)(F)c1ccc(CC(C(=O)c2ccccc2)c2ccccc2)cc1Br)C(C)C. The molecule has 39 heavy (non-hydrogen) atoms. The van der Waals surface area contributed by atoms with Gasteiger partial charge in [-0.1, -0.05) is 109 Å². The highest BCUT2D eigenvalue weighted by molar-refractivity contribution is 9.10. The zero-order valence-corrected chi connectivity index (χ0v) is 24.2. The normalized spacial score (nSPS) is 14.9. The molecule has 3 aromatic carbocycles. The van der Waals surface area contributed by atoms with Crippen LogP contribution in [0.25, 0.3) is 0 Å². The molecule has 0 saturated carbocycles. The Hall–Kier alpha value is -2.71. The molecule has 0 radical (unpaired) electrons. The van der Waals surface area contributed by atoms with Crippen LogP contribution in [0.1, 0.15) is 60.2 Å².